The van der Waals surface area contributed by atoms with Gasteiger partial charge in [-0.1, -0.05) is 45.4 Å². The average molecular weight is 431 g/mol. The highest BCUT2D eigenvalue weighted by Crippen LogP contribution is 2.70. The van der Waals surface area contributed by atoms with Crippen molar-refractivity contribution in [1.82, 2.24) is 0 Å². The van der Waals surface area contributed by atoms with Crippen LogP contribution < -0.4 is 0 Å². The third-order valence-electron chi connectivity index (χ3n) is 9.11. The molecular formula is C26H38O5. The van der Waals surface area contributed by atoms with Crippen molar-refractivity contribution in [1.29, 1.82) is 0 Å². The van der Waals surface area contributed by atoms with Crippen molar-refractivity contribution in [2.24, 2.45) is 22.2 Å². The van der Waals surface area contributed by atoms with E-state index in [9.17, 15) is 9.90 Å². The molecule has 2 fully saturated rings. The number of fused-ring (bicyclic) bond motifs is 2. The van der Waals surface area contributed by atoms with Gasteiger partial charge < -0.3 is 19.3 Å². The molecule has 5 nitrogen and oxygen atoms in total. The summed E-state index contributed by atoms with van der Waals surface area (Å²) in [4.78, 5) is 12.8. The summed E-state index contributed by atoms with van der Waals surface area (Å²) in [6, 6.07) is 0. The second-order valence-corrected chi connectivity index (χ2v) is 10.9. The van der Waals surface area contributed by atoms with Gasteiger partial charge in [0.15, 0.2) is 5.79 Å². The SMILES string of the molecule is COC(=O)C1=C(O)C[C@]2(C)C3(CC[C@@]2(C)[C@H]1C/C=C1/C(C)=CCCC1(C)C)OCCO3. The summed E-state index contributed by atoms with van der Waals surface area (Å²) in [5, 5.41) is 11.1. The molecule has 1 N–H and O–H groups in total. The first-order valence-electron chi connectivity index (χ1n) is 11.7. The fourth-order valence-corrected chi connectivity index (χ4v) is 7.02. The van der Waals surface area contributed by atoms with E-state index in [0.29, 0.717) is 31.6 Å². The first-order chi connectivity index (χ1) is 14.5. The van der Waals surface area contributed by atoms with E-state index in [2.05, 4.69) is 46.8 Å². The van der Waals surface area contributed by atoms with E-state index in [-0.39, 0.29) is 22.5 Å². The third kappa shape index (κ3) is 3.14. The van der Waals surface area contributed by atoms with Crippen LogP contribution >= 0.6 is 0 Å². The number of carbonyl (C=O) groups excluding carboxylic acids is 1. The number of rotatable bonds is 3. The lowest BCUT2D eigenvalue weighted by molar-refractivity contribution is -0.244. The Morgan fingerprint density at radius 1 is 1.19 bits per heavy atom. The van der Waals surface area contributed by atoms with Gasteiger partial charge in [-0.25, -0.2) is 4.79 Å². The quantitative estimate of drug-likeness (QED) is 0.588. The minimum Gasteiger partial charge on any atom is -0.512 e. The molecule has 0 amide bonds. The molecule has 3 aliphatic carbocycles. The predicted molar refractivity (Wildman–Crippen MR) is 119 cm³/mol. The van der Waals surface area contributed by atoms with Crippen molar-refractivity contribution in [3.05, 3.63) is 34.6 Å². The van der Waals surface area contributed by atoms with Gasteiger partial charge >= 0.3 is 5.97 Å². The lowest BCUT2D eigenvalue weighted by Crippen LogP contribution is -2.55. The molecule has 0 bridgehead atoms. The van der Waals surface area contributed by atoms with Gasteiger partial charge in [0.05, 0.1) is 25.9 Å². The average Bonchev–Trinajstić information content (AvgIpc) is 3.26. The van der Waals surface area contributed by atoms with Crippen LogP contribution in [0, 0.1) is 22.2 Å². The van der Waals surface area contributed by atoms with E-state index in [0.717, 1.165) is 25.7 Å². The maximum Gasteiger partial charge on any atom is 0.337 e. The molecule has 31 heavy (non-hydrogen) atoms. The summed E-state index contributed by atoms with van der Waals surface area (Å²) in [7, 11) is 1.39. The highest BCUT2D eigenvalue weighted by Gasteiger charge is 2.70. The lowest BCUT2D eigenvalue weighted by Gasteiger charge is -2.54. The molecule has 4 rings (SSSR count). The number of hydrogen-bond donors (Lipinski definition) is 1. The Morgan fingerprint density at radius 2 is 1.87 bits per heavy atom. The van der Waals surface area contributed by atoms with Crippen LogP contribution in [-0.4, -0.2) is 37.2 Å². The zero-order valence-corrected chi connectivity index (χ0v) is 20.0. The normalized spacial score (nSPS) is 37.8. The van der Waals surface area contributed by atoms with Crippen LogP contribution in [-0.2, 0) is 19.0 Å². The van der Waals surface area contributed by atoms with E-state index in [1.807, 2.05) is 0 Å². The molecule has 0 aromatic carbocycles. The molecule has 1 spiro atoms. The van der Waals surface area contributed by atoms with Crippen LogP contribution in [0.3, 0.4) is 0 Å². The summed E-state index contributed by atoms with van der Waals surface area (Å²) < 4.78 is 17.5. The molecule has 0 radical (unpaired) electrons. The molecule has 4 aliphatic rings. The van der Waals surface area contributed by atoms with Crippen LogP contribution in [0.5, 0.6) is 0 Å². The largest absolute Gasteiger partial charge is 0.512 e. The number of esters is 1. The van der Waals surface area contributed by atoms with Crippen molar-refractivity contribution >= 4 is 5.97 Å². The number of hydrogen-bond acceptors (Lipinski definition) is 5. The first kappa shape index (κ1) is 22.6. The van der Waals surface area contributed by atoms with E-state index in [1.165, 1.54) is 18.3 Å². The molecule has 1 saturated carbocycles. The van der Waals surface area contributed by atoms with Gasteiger partial charge in [-0.15, -0.1) is 0 Å². The predicted octanol–water partition coefficient (Wildman–Crippen LogP) is 5.62. The summed E-state index contributed by atoms with van der Waals surface area (Å²) in [5.41, 5.74) is 2.51. The molecule has 0 aromatic rings. The molecule has 1 saturated heterocycles. The lowest BCUT2D eigenvalue weighted by atomic mass is 9.52. The van der Waals surface area contributed by atoms with Crippen molar-refractivity contribution in [2.75, 3.05) is 20.3 Å². The molecule has 172 valence electrons. The summed E-state index contributed by atoms with van der Waals surface area (Å²) in [5.74, 6) is -1.15. The highest BCUT2D eigenvalue weighted by molar-refractivity contribution is 5.90. The van der Waals surface area contributed by atoms with E-state index < -0.39 is 17.2 Å². The topological polar surface area (TPSA) is 65.0 Å². The summed E-state index contributed by atoms with van der Waals surface area (Å²) >= 11 is 0. The number of aliphatic hydroxyl groups excluding tert-OH is 1. The Morgan fingerprint density at radius 3 is 2.48 bits per heavy atom. The fraction of sp³-hybridized carbons (Fsp3) is 0.731. The van der Waals surface area contributed by atoms with Gasteiger partial charge in [-0.2, -0.15) is 0 Å². The number of aliphatic hydroxyl groups is 1. The van der Waals surface area contributed by atoms with Gasteiger partial charge in [0, 0.05) is 24.2 Å². The van der Waals surface area contributed by atoms with Crippen LogP contribution in [0.15, 0.2) is 34.6 Å². The van der Waals surface area contributed by atoms with E-state index >= 15 is 0 Å². The molecule has 0 aromatic heterocycles. The highest BCUT2D eigenvalue weighted by atomic mass is 16.7. The van der Waals surface area contributed by atoms with E-state index in [4.69, 9.17) is 14.2 Å². The zero-order chi connectivity index (χ0) is 22.7. The van der Waals surface area contributed by atoms with Crippen molar-refractivity contribution < 1.29 is 24.1 Å². The number of ether oxygens (including phenoxy) is 3. The Balaban J connectivity index is 1.80. The number of methoxy groups -OCH3 is 1. The second-order valence-electron chi connectivity index (χ2n) is 10.9. The van der Waals surface area contributed by atoms with Crippen molar-refractivity contribution in [3.8, 4) is 0 Å². The Kier molecular flexibility index (Phi) is 5.45. The van der Waals surface area contributed by atoms with Gasteiger partial charge in [0.25, 0.3) is 0 Å². The Bertz CT molecular complexity index is 857. The molecular weight excluding hydrogens is 392 g/mol. The van der Waals surface area contributed by atoms with Crippen LogP contribution in [0.25, 0.3) is 0 Å². The van der Waals surface area contributed by atoms with Crippen LogP contribution in [0.4, 0.5) is 0 Å². The fourth-order valence-electron chi connectivity index (χ4n) is 7.02. The number of carbonyl (C=O) groups is 1. The first-order valence-corrected chi connectivity index (χ1v) is 11.7. The van der Waals surface area contributed by atoms with Crippen LogP contribution in [0.2, 0.25) is 0 Å². The molecule has 0 unspecified atom stereocenters. The minimum atomic E-state index is -0.692. The maximum atomic E-state index is 12.8. The second kappa shape index (κ2) is 7.48. The van der Waals surface area contributed by atoms with Gasteiger partial charge in [-0.3, -0.25) is 0 Å². The molecule has 1 heterocycles. The minimum absolute atomic E-state index is 0.101. The van der Waals surface area contributed by atoms with Gasteiger partial charge in [0.2, 0.25) is 0 Å². The molecule has 3 atom stereocenters. The van der Waals surface area contributed by atoms with Gasteiger partial charge in [0.1, 0.15) is 5.76 Å². The summed E-state index contributed by atoms with van der Waals surface area (Å²) in [6.45, 7) is 12.3. The Hall–Kier alpha value is -1.59. The maximum absolute atomic E-state index is 12.8. The summed E-state index contributed by atoms with van der Waals surface area (Å²) in [6.07, 6.45) is 9.54. The smallest absolute Gasteiger partial charge is 0.337 e. The molecule has 5 heteroatoms. The van der Waals surface area contributed by atoms with Crippen molar-refractivity contribution in [3.63, 3.8) is 0 Å². The molecule has 1 aliphatic heterocycles. The van der Waals surface area contributed by atoms with Gasteiger partial charge in [-0.05, 0) is 49.0 Å². The van der Waals surface area contributed by atoms with Crippen LogP contribution in [0.1, 0.15) is 73.1 Å². The monoisotopic (exact) mass is 430 g/mol. The zero-order valence-electron chi connectivity index (χ0n) is 20.0. The van der Waals surface area contributed by atoms with E-state index in [1.54, 1.807) is 0 Å². The standard InChI is InChI=1S/C26H38O5/c1-17-8-7-11-23(2,3)18(17)9-10-19-21(22(28)29-6)20(27)16-25(5)24(19,4)12-13-26(25)30-14-15-31-26/h8-9,19,27H,7,10-16H2,1-6H3/b18-9-/t19-,24-,25-/m0/s1. The van der Waals surface area contributed by atoms with Crippen molar-refractivity contribution in [2.45, 2.75) is 78.9 Å². The number of allylic oxidation sites excluding steroid dienone is 5. The Labute approximate surface area is 186 Å². The third-order valence-corrected chi connectivity index (χ3v) is 9.11.